The summed E-state index contributed by atoms with van der Waals surface area (Å²) in [6, 6.07) is 14.2. The van der Waals surface area contributed by atoms with E-state index in [2.05, 4.69) is 17.1 Å². The molecule has 0 aliphatic carbocycles. The molecule has 2 aromatic rings. The number of nitrogens with one attached hydrogen (secondary N) is 1. The number of hydrazone groups is 1. The summed E-state index contributed by atoms with van der Waals surface area (Å²) >= 11 is 0. The number of ether oxygens (including phenoxy) is 2. The van der Waals surface area contributed by atoms with E-state index in [1.807, 2.05) is 24.3 Å². The molecule has 5 heteroatoms. The fourth-order valence-corrected chi connectivity index (χ4v) is 1.83. The normalized spacial score (nSPS) is 10.3. The van der Waals surface area contributed by atoms with Crippen LogP contribution in [-0.2, 0) is 0 Å². The maximum absolute atomic E-state index is 12.0. The van der Waals surface area contributed by atoms with Gasteiger partial charge in [-0.3, -0.25) is 4.79 Å². The van der Waals surface area contributed by atoms with Crippen molar-refractivity contribution in [2.45, 2.75) is 0 Å². The van der Waals surface area contributed by atoms with E-state index in [0.29, 0.717) is 23.7 Å². The van der Waals surface area contributed by atoms with E-state index in [4.69, 9.17) is 9.47 Å². The molecule has 0 aliphatic rings. The van der Waals surface area contributed by atoms with Crippen LogP contribution in [0.25, 0.3) is 0 Å². The number of methoxy groups -OCH3 is 1. The number of hydrogen-bond donors (Lipinski definition) is 1. The van der Waals surface area contributed by atoms with E-state index < -0.39 is 0 Å². The maximum atomic E-state index is 12.0. The van der Waals surface area contributed by atoms with E-state index in [1.165, 1.54) is 0 Å². The van der Waals surface area contributed by atoms with Crippen molar-refractivity contribution in [2.75, 3.05) is 13.7 Å². The maximum Gasteiger partial charge on any atom is 0.271 e. The number of hydrogen-bond acceptors (Lipinski definition) is 4. The number of carbonyl (C=O) groups excluding carboxylic acids is 1. The highest BCUT2D eigenvalue weighted by Gasteiger charge is 2.04. The van der Waals surface area contributed by atoms with Gasteiger partial charge >= 0.3 is 0 Å². The van der Waals surface area contributed by atoms with Crippen LogP contribution in [0.4, 0.5) is 0 Å². The third-order valence-corrected chi connectivity index (χ3v) is 3.00. The summed E-state index contributed by atoms with van der Waals surface area (Å²) in [5.41, 5.74) is 3.75. The zero-order valence-electron chi connectivity index (χ0n) is 12.9. The molecule has 5 nitrogen and oxygen atoms in total. The van der Waals surface area contributed by atoms with Gasteiger partial charge in [0, 0.05) is 11.1 Å². The Morgan fingerprint density at radius 3 is 2.65 bits per heavy atom. The van der Waals surface area contributed by atoms with Gasteiger partial charge < -0.3 is 9.47 Å². The second-order valence-corrected chi connectivity index (χ2v) is 4.57. The van der Waals surface area contributed by atoms with Gasteiger partial charge in [0.05, 0.1) is 13.3 Å². The van der Waals surface area contributed by atoms with Crippen LogP contribution in [0.3, 0.4) is 0 Å². The SMILES string of the molecule is C=CCOc1ccccc1/C=N\NC(=O)c1ccc(OC)cc1. The van der Waals surface area contributed by atoms with E-state index in [-0.39, 0.29) is 5.91 Å². The third-order valence-electron chi connectivity index (χ3n) is 3.00. The molecule has 118 valence electrons. The van der Waals surface area contributed by atoms with Crippen LogP contribution in [-0.4, -0.2) is 25.8 Å². The van der Waals surface area contributed by atoms with E-state index >= 15 is 0 Å². The molecule has 0 radical (unpaired) electrons. The lowest BCUT2D eigenvalue weighted by Crippen LogP contribution is -2.17. The predicted octanol–water partition coefficient (Wildman–Crippen LogP) is 3.02. The monoisotopic (exact) mass is 310 g/mol. The third kappa shape index (κ3) is 4.71. The van der Waals surface area contributed by atoms with Crippen molar-refractivity contribution in [3.63, 3.8) is 0 Å². The van der Waals surface area contributed by atoms with Crippen molar-refractivity contribution >= 4 is 12.1 Å². The van der Waals surface area contributed by atoms with Gasteiger partial charge in [0.15, 0.2) is 0 Å². The number of nitrogens with zero attached hydrogens (tertiary/aromatic N) is 1. The zero-order chi connectivity index (χ0) is 16.5. The minimum atomic E-state index is -0.298. The molecule has 23 heavy (non-hydrogen) atoms. The van der Waals surface area contributed by atoms with Gasteiger partial charge in [0.1, 0.15) is 18.1 Å². The Morgan fingerprint density at radius 2 is 1.96 bits per heavy atom. The molecule has 0 bridgehead atoms. The number of carbonyl (C=O) groups is 1. The van der Waals surface area contributed by atoms with E-state index in [0.717, 1.165) is 5.56 Å². The molecule has 2 aromatic carbocycles. The Labute approximate surface area is 135 Å². The summed E-state index contributed by atoms with van der Waals surface area (Å²) in [4.78, 5) is 12.0. The van der Waals surface area contributed by atoms with Gasteiger partial charge in [-0.15, -0.1) is 0 Å². The first-order valence-electron chi connectivity index (χ1n) is 7.04. The molecule has 2 rings (SSSR count). The topological polar surface area (TPSA) is 59.9 Å². The minimum Gasteiger partial charge on any atom is -0.497 e. The summed E-state index contributed by atoms with van der Waals surface area (Å²) in [5, 5.41) is 3.97. The quantitative estimate of drug-likeness (QED) is 0.486. The second-order valence-electron chi connectivity index (χ2n) is 4.57. The first-order chi connectivity index (χ1) is 11.2. The van der Waals surface area contributed by atoms with Crippen molar-refractivity contribution in [1.82, 2.24) is 5.43 Å². The standard InChI is InChI=1S/C18H18N2O3/c1-3-12-23-17-7-5-4-6-15(17)13-19-20-18(21)14-8-10-16(22-2)11-9-14/h3-11,13H,1,12H2,2H3,(H,20,21)/b19-13-. The van der Waals surface area contributed by atoms with Crippen LogP contribution >= 0.6 is 0 Å². The first-order valence-corrected chi connectivity index (χ1v) is 7.04. The average molecular weight is 310 g/mol. The number of benzene rings is 2. The molecule has 0 fully saturated rings. The van der Waals surface area contributed by atoms with Crippen LogP contribution in [0.2, 0.25) is 0 Å². The molecule has 0 heterocycles. The molecule has 0 aromatic heterocycles. The van der Waals surface area contributed by atoms with Gasteiger partial charge in [0.25, 0.3) is 5.91 Å². The molecule has 0 saturated heterocycles. The molecule has 0 spiro atoms. The van der Waals surface area contributed by atoms with Crippen molar-refractivity contribution in [3.8, 4) is 11.5 Å². The molecule has 0 atom stereocenters. The Morgan fingerprint density at radius 1 is 1.22 bits per heavy atom. The molecule has 0 saturated carbocycles. The van der Waals surface area contributed by atoms with Crippen molar-refractivity contribution in [1.29, 1.82) is 0 Å². The number of amides is 1. The Balaban J connectivity index is 2.00. The van der Waals surface area contributed by atoms with Crippen LogP contribution in [0.1, 0.15) is 15.9 Å². The number of rotatable bonds is 7. The zero-order valence-corrected chi connectivity index (χ0v) is 12.9. The van der Waals surface area contributed by atoms with Gasteiger partial charge in [0.2, 0.25) is 0 Å². The fraction of sp³-hybridized carbons (Fsp3) is 0.111. The lowest BCUT2D eigenvalue weighted by molar-refractivity contribution is 0.0955. The van der Waals surface area contributed by atoms with Gasteiger partial charge in [-0.05, 0) is 36.4 Å². The van der Waals surface area contributed by atoms with Crippen molar-refractivity contribution in [2.24, 2.45) is 5.10 Å². The Kier molecular flexibility index (Phi) is 5.94. The highest BCUT2D eigenvalue weighted by atomic mass is 16.5. The van der Waals surface area contributed by atoms with E-state index in [1.54, 1.807) is 43.7 Å². The molecule has 1 N–H and O–H groups in total. The highest BCUT2D eigenvalue weighted by molar-refractivity contribution is 5.95. The summed E-state index contributed by atoms with van der Waals surface area (Å²) in [6.45, 7) is 4.02. The summed E-state index contributed by atoms with van der Waals surface area (Å²) in [6.07, 6.45) is 3.21. The van der Waals surface area contributed by atoms with Crippen LogP contribution in [0, 0.1) is 0 Å². The predicted molar refractivity (Wildman–Crippen MR) is 90.2 cm³/mol. The van der Waals surface area contributed by atoms with Gasteiger partial charge in [-0.25, -0.2) is 5.43 Å². The average Bonchev–Trinajstić information content (AvgIpc) is 2.61. The van der Waals surface area contributed by atoms with Gasteiger partial charge in [-0.2, -0.15) is 5.10 Å². The van der Waals surface area contributed by atoms with Crippen molar-refractivity contribution in [3.05, 3.63) is 72.3 Å². The molecule has 1 amide bonds. The van der Waals surface area contributed by atoms with Crippen LogP contribution in [0.15, 0.2) is 66.3 Å². The Bertz CT molecular complexity index is 694. The molecular formula is C18H18N2O3. The smallest absolute Gasteiger partial charge is 0.271 e. The summed E-state index contributed by atoms with van der Waals surface area (Å²) in [5.74, 6) is 1.07. The fourth-order valence-electron chi connectivity index (χ4n) is 1.83. The molecule has 0 unspecified atom stereocenters. The summed E-state index contributed by atoms with van der Waals surface area (Å²) in [7, 11) is 1.57. The van der Waals surface area contributed by atoms with Crippen LogP contribution in [0.5, 0.6) is 11.5 Å². The highest BCUT2D eigenvalue weighted by Crippen LogP contribution is 2.15. The summed E-state index contributed by atoms with van der Waals surface area (Å²) < 4.78 is 10.6. The first kappa shape index (κ1) is 16.3. The number of para-hydroxylation sites is 1. The van der Waals surface area contributed by atoms with E-state index in [9.17, 15) is 4.79 Å². The van der Waals surface area contributed by atoms with Crippen molar-refractivity contribution < 1.29 is 14.3 Å². The molecule has 0 aliphatic heterocycles. The second kappa shape index (κ2) is 8.38. The Hall–Kier alpha value is -3.08. The van der Waals surface area contributed by atoms with Gasteiger partial charge in [-0.1, -0.05) is 24.8 Å². The minimum absolute atomic E-state index is 0.298. The van der Waals surface area contributed by atoms with Crippen LogP contribution < -0.4 is 14.9 Å². The lowest BCUT2D eigenvalue weighted by Gasteiger charge is -2.06. The largest absolute Gasteiger partial charge is 0.497 e. The molecular weight excluding hydrogens is 292 g/mol. The lowest BCUT2D eigenvalue weighted by atomic mass is 10.2.